The van der Waals surface area contributed by atoms with Crippen molar-refractivity contribution in [2.24, 2.45) is 0 Å². The Kier molecular flexibility index (Phi) is 5.34. The van der Waals surface area contributed by atoms with Crippen LogP contribution in [0.5, 0.6) is 0 Å². The van der Waals surface area contributed by atoms with Crippen molar-refractivity contribution in [3.8, 4) is 0 Å². The first-order valence-electron chi connectivity index (χ1n) is 5.84. The van der Waals surface area contributed by atoms with Crippen molar-refractivity contribution in [2.75, 3.05) is 30.9 Å². The lowest BCUT2D eigenvalue weighted by molar-refractivity contribution is 0.210. The number of hydrogen-bond donors (Lipinski definition) is 2. The average molecular weight is 314 g/mol. The van der Waals surface area contributed by atoms with Crippen LogP contribution in [0.15, 0.2) is 24.4 Å². The highest BCUT2D eigenvalue weighted by atomic mass is 35.5. The molecule has 0 unspecified atom stereocenters. The number of rotatable bonds is 6. The molecule has 0 aliphatic heterocycles. The zero-order valence-electron chi connectivity index (χ0n) is 10.7. The number of para-hydroxylation sites is 1. The number of nitrogens with zero attached hydrogens (tertiary/aromatic N) is 3. The molecule has 1 aromatic heterocycles. The van der Waals surface area contributed by atoms with E-state index in [0.29, 0.717) is 40.7 Å². The number of nitrogens with one attached hydrogen (secondary N) is 2. The van der Waals surface area contributed by atoms with Crippen LogP contribution in [0, 0.1) is 0 Å². The molecule has 2 rings (SSSR count). The maximum atomic E-state index is 6.07. The second kappa shape index (κ2) is 7.23. The summed E-state index contributed by atoms with van der Waals surface area (Å²) in [6.45, 7) is 1.20. The molecule has 0 spiro atoms. The van der Waals surface area contributed by atoms with Gasteiger partial charge in [0.1, 0.15) is 0 Å². The lowest BCUT2D eigenvalue weighted by atomic mass is 10.3. The summed E-state index contributed by atoms with van der Waals surface area (Å²) in [5.74, 6) is 0.894. The van der Waals surface area contributed by atoms with Gasteiger partial charge in [-0.25, -0.2) is 0 Å². The topological polar surface area (TPSA) is 72.0 Å². The molecular formula is C12H13Cl2N5O. The van der Waals surface area contributed by atoms with Crippen molar-refractivity contribution in [1.29, 1.82) is 0 Å². The Morgan fingerprint density at radius 2 is 2.00 bits per heavy atom. The van der Waals surface area contributed by atoms with Gasteiger partial charge < -0.3 is 15.4 Å². The number of hydrogen-bond acceptors (Lipinski definition) is 6. The van der Waals surface area contributed by atoms with Crippen LogP contribution in [0.25, 0.3) is 0 Å². The van der Waals surface area contributed by atoms with Gasteiger partial charge in [-0.05, 0) is 12.1 Å². The molecule has 0 atom stereocenters. The number of ether oxygens (including phenoxy) is 1. The van der Waals surface area contributed by atoms with Gasteiger partial charge in [0, 0.05) is 13.7 Å². The monoisotopic (exact) mass is 313 g/mol. The molecule has 0 aliphatic carbocycles. The second-order valence-electron chi connectivity index (χ2n) is 3.81. The molecule has 106 valence electrons. The summed E-state index contributed by atoms with van der Waals surface area (Å²) in [5, 5.41) is 14.7. The van der Waals surface area contributed by atoms with Gasteiger partial charge in [0.05, 0.1) is 28.5 Å². The normalized spacial score (nSPS) is 10.3. The average Bonchev–Trinajstić information content (AvgIpc) is 2.44. The molecule has 8 heteroatoms. The molecule has 0 saturated carbocycles. The third kappa shape index (κ3) is 3.93. The highest BCUT2D eigenvalue weighted by Gasteiger charge is 2.08. The maximum Gasteiger partial charge on any atom is 0.249 e. The minimum Gasteiger partial charge on any atom is -0.383 e. The van der Waals surface area contributed by atoms with E-state index in [2.05, 4.69) is 25.8 Å². The molecule has 0 saturated heterocycles. The van der Waals surface area contributed by atoms with Gasteiger partial charge in [-0.1, -0.05) is 29.3 Å². The fourth-order valence-corrected chi connectivity index (χ4v) is 1.94. The number of halogens is 2. The fourth-order valence-electron chi connectivity index (χ4n) is 1.45. The summed E-state index contributed by atoms with van der Waals surface area (Å²) in [6, 6.07) is 5.21. The maximum absolute atomic E-state index is 6.07. The van der Waals surface area contributed by atoms with E-state index >= 15 is 0 Å². The minimum atomic E-state index is 0.308. The predicted octanol–water partition coefficient (Wildman–Crippen LogP) is 2.98. The first-order valence-corrected chi connectivity index (χ1v) is 6.60. The molecule has 0 radical (unpaired) electrons. The third-order valence-corrected chi connectivity index (χ3v) is 3.00. The van der Waals surface area contributed by atoms with E-state index in [0.717, 1.165) is 0 Å². The van der Waals surface area contributed by atoms with Gasteiger partial charge in [0.2, 0.25) is 5.95 Å². The Hall–Kier alpha value is -1.63. The summed E-state index contributed by atoms with van der Waals surface area (Å²) in [5.41, 5.74) is 0.548. The van der Waals surface area contributed by atoms with Crippen molar-refractivity contribution >= 4 is 40.7 Å². The molecular weight excluding hydrogens is 301 g/mol. The van der Waals surface area contributed by atoms with Crippen LogP contribution in [-0.4, -0.2) is 35.4 Å². The van der Waals surface area contributed by atoms with Crippen molar-refractivity contribution < 1.29 is 4.74 Å². The molecule has 2 N–H and O–H groups in total. The van der Waals surface area contributed by atoms with E-state index in [-0.39, 0.29) is 0 Å². The molecule has 1 heterocycles. The van der Waals surface area contributed by atoms with Crippen LogP contribution in [0.4, 0.5) is 17.5 Å². The SMILES string of the molecule is COCCNc1cnnc(Nc2c(Cl)cccc2Cl)n1. The Balaban J connectivity index is 2.11. The summed E-state index contributed by atoms with van der Waals surface area (Å²) in [4.78, 5) is 4.25. The summed E-state index contributed by atoms with van der Waals surface area (Å²) >= 11 is 12.1. The van der Waals surface area contributed by atoms with Crippen LogP contribution >= 0.6 is 23.2 Å². The summed E-state index contributed by atoms with van der Waals surface area (Å²) < 4.78 is 4.94. The smallest absolute Gasteiger partial charge is 0.249 e. The van der Waals surface area contributed by atoms with Gasteiger partial charge in [-0.2, -0.15) is 10.1 Å². The molecule has 0 aliphatic rings. The van der Waals surface area contributed by atoms with E-state index in [1.54, 1.807) is 25.3 Å². The zero-order valence-corrected chi connectivity index (χ0v) is 12.2. The van der Waals surface area contributed by atoms with E-state index < -0.39 is 0 Å². The number of benzene rings is 1. The first-order chi connectivity index (χ1) is 9.70. The zero-order chi connectivity index (χ0) is 14.4. The molecule has 6 nitrogen and oxygen atoms in total. The lowest BCUT2D eigenvalue weighted by Crippen LogP contribution is -2.10. The van der Waals surface area contributed by atoms with Crippen molar-refractivity contribution in [3.05, 3.63) is 34.4 Å². The van der Waals surface area contributed by atoms with E-state index in [9.17, 15) is 0 Å². The third-order valence-electron chi connectivity index (χ3n) is 2.37. The Labute approximate surface area is 126 Å². The molecule has 2 aromatic rings. The van der Waals surface area contributed by atoms with E-state index in [1.807, 2.05) is 0 Å². The van der Waals surface area contributed by atoms with Gasteiger partial charge in [-0.3, -0.25) is 0 Å². The van der Waals surface area contributed by atoms with Crippen LogP contribution in [0.2, 0.25) is 10.0 Å². The van der Waals surface area contributed by atoms with Crippen LogP contribution < -0.4 is 10.6 Å². The molecule has 20 heavy (non-hydrogen) atoms. The Bertz CT molecular complexity index is 561. The van der Waals surface area contributed by atoms with Crippen molar-refractivity contribution in [1.82, 2.24) is 15.2 Å². The number of methoxy groups -OCH3 is 1. The summed E-state index contributed by atoms with van der Waals surface area (Å²) in [6.07, 6.45) is 1.52. The quantitative estimate of drug-likeness (QED) is 0.799. The van der Waals surface area contributed by atoms with Crippen LogP contribution in [-0.2, 0) is 4.74 Å². The van der Waals surface area contributed by atoms with E-state index in [1.165, 1.54) is 6.20 Å². The Morgan fingerprint density at radius 3 is 2.70 bits per heavy atom. The van der Waals surface area contributed by atoms with E-state index in [4.69, 9.17) is 27.9 Å². The van der Waals surface area contributed by atoms with Crippen molar-refractivity contribution in [3.63, 3.8) is 0 Å². The standard InChI is InChI=1S/C12H13Cl2N5O/c1-20-6-5-15-10-7-16-19-12(17-10)18-11-8(13)3-2-4-9(11)14/h2-4,7H,5-6H2,1H3,(H2,15,17,18,19). The largest absolute Gasteiger partial charge is 0.383 e. The molecule has 0 fully saturated rings. The van der Waals surface area contributed by atoms with Crippen LogP contribution in [0.1, 0.15) is 0 Å². The molecule has 0 amide bonds. The summed E-state index contributed by atoms with van der Waals surface area (Å²) in [7, 11) is 1.63. The number of aromatic nitrogens is 3. The molecule has 0 bridgehead atoms. The fraction of sp³-hybridized carbons (Fsp3) is 0.250. The number of anilines is 3. The van der Waals surface area contributed by atoms with Gasteiger partial charge in [0.25, 0.3) is 0 Å². The highest BCUT2D eigenvalue weighted by Crippen LogP contribution is 2.31. The van der Waals surface area contributed by atoms with Crippen molar-refractivity contribution in [2.45, 2.75) is 0 Å². The van der Waals surface area contributed by atoms with Gasteiger partial charge in [0.15, 0.2) is 5.82 Å². The Morgan fingerprint density at radius 1 is 1.25 bits per heavy atom. The second-order valence-corrected chi connectivity index (χ2v) is 4.62. The predicted molar refractivity (Wildman–Crippen MR) is 79.9 cm³/mol. The lowest BCUT2D eigenvalue weighted by Gasteiger charge is -2.09. The minimum absolute atomic E-state index is 0.308. The van der Waals surface area contributed by atoms with Gasteiger partial charge >= 0.3 is 0 Å². The van der Waals surface area contributed by atoms with Gasteiger partial charge in [-0.15, -0.1) is 5.10 Å². The van der Waals surface area contributed by atoms with Crippen LogP contribution in [0.3, 0.4) is 0 Å². The highest BCUT2D eigenvalue weighted by molar-refractivity contribution is 6.39. The molecule has 1 aromatic carbocycles. The first kappa shape index (κ1) is 14.8.